The molecule has 0 aromatic carbocycles. The van der Waals surface area contributed by atoms with E-state index in [0.29, 0.717) is 26.1 Å². The molecule has 0 aliphatic rings. The van der Waals surface area contributed by atoms with Crippen LogP contribution in [-0.2, 0) is 4.79 Å². The summed E-state index contributed by atoms with van der Waals surface area (Å²) in [6.07, 6.45) is 0.763. The van der Waals surface area contributed by atoms with Gasteiger partial charge in [0.2, 0.25) is 5.91 Å². The second kappa shape index (κ2) is 7.73. The van der Waals surface area contributed by atoms with Crippen molar-refractivity contribution in [2.24, 2.45) is 5.73 Å². The summed E-state index contributed by atoms with van der Waals surface area (Å²) in [5.41, 5.74) is 4.98. The van der Waals surface area contributed by atoms with E-state index < -0.39 is 0 Å². The predicted octanol–water partition coefficient (Wildman–Crippen LogP) is -1.24. The monoisotopic (exact) mass is 203 g/mol. The van der Waals surface area contributed by atoms with Crippen LogP contribution in [0.3, 0.4) is 0 Å². The van der Waals surface area contributed by atoms with Crippen LogP contribution in [0, 0.1) is 0 Å². The van der Waals surface area contributed by atoms with E-state index in [4.69, 9.17) is 5.73 Å². The average Bonchev–Trinajstić information content (AvgIpc) is 2.01. The maximum Gasteiger partial charge on any atom is 0.217 e. The minimum absolute atomic E-state index is 0.277. The van der Waals surface area contributed by atoms with Crippen molar-refractivity contribution >= 4 is 5.91 Å². The smallest absolute Gasteiger partial charge is 0.217 e. The van der Waals surface area contributed by atoms with Crippen molar-refractivity contribution in [2.75, 3.05) is 33.7 Å². The number of carbonyl (C=O) groups is 1. The molecule has 0 rings (SSSR count). The van der Waals surface area contributed by atoms with Crippen molar-refractivity contribution < 1.29 is 9.90 Å². The van der Waals surface area contributed by atoms with Gasteiger partial charge in [-0.1, -0.05) is 0 Å². The Balaban J connectivity index is 3.23. The molecule has 0 bridgehead atoms. The van der Waals surface area contributed by atoms with Gasteiger partial charge in [-0.25, -0.2) is 0 Å². The van der Waals surface area contributed by atoms with Crippen LogP contribution in [0.5, 0.6) is 0 Å². The third-order valence-electron chi connectivity index (χ3n) is 1.73. The van der Waals surface area contributed by atoms with E-state index in [0.717, 1.165) is 6.42 Å². The summed E-state index contributed by atoms with van der Waals surface area (Å²) in [6.45, 7) is 1.91. The van der Waals surface area contributed by atoms with Crippen molar-refractivity contribution in [3.05, 3.63) is 0 Å². The molecule has 1 unspecified atom stereocenters. The number of nitrogens with zero attached hydrogens (tertiary/aromatic N) is 1. The standard InChI is InChI=1S/C9H21N3O2/c1-12(2)7-8(13)6-11-5-3-4-9(10)14/h8,11,13H,3-7H2,1-2H3,(H2,10,14). The maximum atomic E-state index is 10.4. The van der Waals surface area contributed by atoms with E-state index in [1.54, 1.807) is 0 Å². The number of aliphatic hydroxyl groups excluding tert-OH is 1. The first-order chi connectivity index (χ1) is 6.52. The molecule has 5 nitrogen and oxygen atoms in total. The summed E-state index contributed by atoms with van der Waals surface area (Å²) in [5, 5.41) is 12.5. The van der Waals surface area contributed by atoms with E-state index >= 15 is 0 Å². The van der Waals surface area contributed by atoms with Gasteiger partial charge in [-0.15, -0.1) is 0 Å². The largest absolute Gasteiger partial charge is 0.390 e. The normalized spacial score (nSPS) is 13.1. The number of hydrogen-bond donors (Lipinski definition) is 3. The molecule has 0 radical (unpaired) electrons. The molecule has 0 saturated carbocycles. The highest BCUT2D eigenvalue weighted by Crippen LogP contribution is 1.87. The lowest BCUT2D eigenvalue weighted by Crippen LogP contribution is -2.35. The van der Waals surface area contributed by atoms with E-state index in [9.17, 15) is 9.90 Å². The van der Waals surface area contributed by atoms with Gasteiger partial charge in [-0.05, 0) is 27.1 Å². The molecule has 0 saturated heterocycles. The molecule has 84 valence electrons. The van der Waals surface area contributed by atoms with Crippen LogP contribution >= 0.6 is 0 Å². The lowest BCUT2D eigenvalue weighted by Gasteiger charge is -2.16. The first-order valence-electron chi connectivity index (χ1n) is 4.84. The molecule has 1 atom stereocenters. The molecule has 0 aliphatic heterocycles. The number of likely N-dealkylation sites (N-methyl/N-ethyl adjacent to an activating group) is 1. The van der Waals surface area contributed by atoms with Gasteiger partial charge >= 0.3 is 0 Å². The Hall–Kier alpha value is -0.650. The van der Waals surface area contributed by atoms with Crippen LogP contribution in [0.2, 0.25) is 0 Å². The maximum absolute atomic E-state index is 10.4. The minimum atomic E-state index is -0.362. The molecule has 5 heteroatoms. The highest BCUT2D eigenvalue weighted by Gasteiger charge is 2.04. The van der Waals surface area contributed by atoms with Gasteiger partial charge in [0.15, 0.2) is 0 Å². The third kappa shape index (κ3) is 9.44. The van der Waals surface area contributed by atoms with Gasteiger partial charge in [0, 0.05) is 19.5 Å². The third-order valence-corrected chi connectivity index (χ3v) is 1.73. The van der Waals surface area contributed by atoms with Gasteiger partial charge in [-0.3, -0.25) is 4.79 Å². The number of carbonyl (C=O) groups excluding carboxylic acids is 1. The fourth-order valence-corrected chi connectivity index (χ4v) is 1.14. The number of rotatable bonds is 8. The predicted molar refractivity (Wildman–Crippen MR) is 55.9 cm³/mol. The van der Waals surface area contributed by atoms with Crippen LogP contribution in [0.4, 0.5) is 0 Å². The first kappa shape index (κ1) is 13.4. The number of hydrogen-bond acceptors (Lipinski definition) is 4. The van der Waals surface area contributed by atoms with E-state index in [-0.39, 0.29) is 12.0 Å². The summed E-state index contributed by atoms with van der Waals surface area (Å²) in [5.74, 6) is -0.277. The van der Waals surface area contributed by atoms with Crippen LogP contribution in [0.15, 0.2) is 0 Å². The Morgan fingerprint density at radius 2 is 2.21 bits per heavy atom. The Labute approximate surface area is 85.3 Å². The highest BCUT2D eigenvalue weighted by atomic mass is 16.3. The van der Waals surface area contributed by atoms with E-state index in [2.05, 4.69) is 5.32 Å². The molecule has 0 heterocycles. The zero-order valence-corrected chi connectivity index (χ0v) is 8.99. The summed E-state index contributed by atoms with van der Waals surface area (Å²) >= 11 is 0. The Bertz CT molecular complexity index is 162. The summed E-state index contributed by atoms with van der Waals surface area (Å²) in [7, 11) is 3.83. The van der Waals surface area contributed by atoms with Crippen LogP contribution < -0.4 is 11.1 Å². The SMILES string of the molecule is CN(C)CC(O)CNCCCC(N)=O. The zero-order valence-electron chi connectivity index (χ0n) is 8.99. The van der Waals surface area contributed by atoms with Crippen LogP contribution in [-0.4, -0.2) is 55.7 Å². The van der Waals surface area contributed by atoms with Gasteiger partial charge in [-0.2, -0.15) is 0 Å². The molecule has 14 heavy (non-hydrogen) atoms. The average molecular weight is 203 g/mol. The molecule has 0 aliphatic carbocycles. The lowest BCUT2D eigenvalue weighted by molar-refractivity contribution is -0.118. The van der Waals surface area contributed by atoms with Crippen LogP contribution in [0.1, 0.15) is 12.8 Å². The fourth-order valence-electron chi connectivity index (χ4n) is 1.14. The molecule has 0 aromatic rings. The molecule has 1 amide bonds. The molecule has 0 spiro atoms. The van der Waals surface area contributed by atoms with Crippen molar-refractivity contribution in [1.82, 2.24) is 10.2 Å². The molecule has 0 fully saturated rings. The molecule has 4 N–H and O–H groups in total. The van der Waals surface area contributed by atoms with Crippen LogP contribution in [0.25, 0.3) is 0 Å². The molecular formula is C9H21N3O2. The van der Waals surface area contributed by atoms with Gasteiger partial charge < -0.3 is 21.1 Å². The lowest BCUT2D eigenvalue weighted by atomic mass is 10.3. The summed E-state index contributed by atoms with van der Waals surface area (Å²) < 4.78 is 0. The van der Waals surface area contributed by atoms with Gasteiger partial charge in [0.1, 0.15) is 0 Å². The topological polar surface area (TPSA) is 78.6 Å². The van der Waals surface area contributed by atoms with Gasteiger partial charge in [0.05, 0.1) is 6.10 Å². The number of amides is 1. The first-order valence-corrected chi connectivity index (χ1v) is 4.84. The Kier molecular flexibility index (Phi) is 7.37. The molecule has 0 aromatic heterocycles. The molecular weight excluding hydrogens is 182 g/mol. The van der Waals surface area contributed by atoms with Crippen molar-refractivity contribution in [3.8, 4) is 0 Å². The Morgan fingerprint density at radius 1 is 1.57 bits per heavy atom. The van der Waals surface area contributed by atoms with Crippen molar-refractivity contribution in [1.29, 1.82) is 0 Å². The quantitative estimate of drug-likeness (QED) is 0.431. The van der Waals surface area contributed by atoms with Crippen molar-refractivity contribution in [3.63, 3.8) is 0 Å². The van der Waals surface area contributed by atoms with Gasteiger partial charge in [0.25, 0.3) is 0 Å². The number of aliphatic hydroxyl groups is 1. The number of nitrogens with two attached hydrogens (primary N) is 1. The van der Waals surface area contributed by atoms with E-state index in [1.807, 2.05) is 19.0 Å². The number of primary amides is 1. The fraction of sp³-hybridized carbons (Fsp3) is 0.889. The number of nitrogens with one attached hydrogen (secondary N) is 1. The zero-order chi connectivity index (χ0) is 11.0. The highest BCUT2D eigenvalue weighted by molar-refractivity contribution is 5.73. The van der Waals surface area contributed by atoms with E-state index in [1.165, 1.54) is 0 Å². The minimum Gasteiger partial charge on any atom is -0.390 e. The summed E-state index contributed by atoms with van der Waals surface area (Å²) in [4.78, 5) is 12.3. The Morgan fingerprint density at radius 3 is 2.71 bits per heavy atom. The second-order valence-electron chi connectivity index (χ2n) is 3.69. The van der Waals surface area contributed by atoms with Crippen molar-refractivity contribution in [2.45, 2.75) is 18.9 Å². The second-order valence-corrected chi connectivity index (χ2v) is 3.69. The summed E-state index contributed by atoms with van der Waals surface area (Å²) in [6, 6.07) is 0.